The first-order valence-electron chi connectivity index (χ1n) is 6.09. The van der Waals surface area contributed by atoms with Gasteiger partial charge in [0.15, 0.2) is 0 Å². The second kappa shape index (κ2) is 5.41. The van der Waals surface area contributed by atoms with Crippen LogP contribution in [0.5, 0.6) is 0 Å². The Labute approximate surface area is 114 Å². The minimum Gasteiger partial charge on any atom is -0.378 e. The van der Waals surface area contributed by atoms with Gasteiger partial charge in [0, 0.05) is 19.8 Å². The van der Waals surface area contributed by atoms with Crippen LogP contribution < -0.4 is 4.90 Å². The minimum absolute atomic E-state index is 0.666. The molecule has 0 heterocycles. The highest BCUT2D eigenvalue weighted by molar-refractivity contribution is 5.78. The summed E-state index contributed by atoms with van der Waals surface area (Å²) in [6.45, 7) is 4.13. The van der Waals surface area contributed by atoms with E-state index in [2.05, 4.69) is 41.8 Å². The van der Waals surface area contributed by atoms with E-state index in [1.54, 1.807) is 0 Å². The molecule has 0 unspecified atom stereocenters. The van der Waals surface area contributed by atoms with Crippen molar-refractivity contribution in [3.05, 3.63) is 71.8 Å². The molecule has 0 spiro atoms. The van der Waals surface area contributed by atoms with Crippen molar-refractivity contribution in [2.75, 3.05) is 19.0 Å². The molecule has 2 rings (SSSR count). The predicted octanol–water partition coefficient (Wildman–Crippen LogP) is 3.69. The average Bonchev–Trinajstić information content (AvgIpc) is 2.46. The monoisotopic (exact) mass is 248 g/mol. The number of anilines is 1. The normalized spacial score (nSPS) is 9.74. The Balaban J connectivity index is 2.25. The van der Waals surface area contributed by atoms with Crippen molar-refractivity contribution < 1.29 is 0 Å². The third kappa shape index (κ3) is 2.83. The summed E-state index contributed by atoms with van der Waals surface area (Å²) in [5, 5.41) is 8.79. The number of hydrogen-bond donors (Lipinski definition) is 0. The second-order valence-electron chi connectivity index (χ2n) is 4.61. The van der Waals surface area contributed by atoms with E-state index in [-0.39, 0.29) is 0 Å². The van der Waals surface area contributed by atoms with Gasteiger partial charge in [-0.1, -0.05) is 30.8 Å². The van der Waals surface area contributed by atoms with Gasteiger partial charge in [-0.05, 0) is 41.0 Å². The van der Waals surface area contributed by atoms with Crippen LogP contribution in [0, 0.1) is 11.3 Å². The largest absolute Gasteiger partial charge is 0.378 e. The zero-order chi connectivity index (χ0) is 13.8. The molecular weight excluding hydrogens is 232 g/mol. The maximum absolute atomic E-state index is 8.79. The van der Waals surface area contributed by atoms with Crippen LogP contribution in [-0.2, 0) is 0 Å². The molecule has 0 saturated carbocycles. The summed E-state index contributed by atoms with van der Waals surface area (Å²) in [6.07, 6.45) is 0. The lowest BCUT2D eigenvalue weighted by Crippen LogP contribution is -2.08. The molecule has 0 aliphatic rings. The Morgan fingerprint density at radius 1 is 0.947 bits per heavy atom. The van der Waals surface area contributed by atoms with Gasteiger partial charge in [-0.15, -0.1) is 0 Å². The molecule has 2 heteroatoms. The molecule has 0 saturated heterocycles. The van der Waals surface area contributed by atoms with E-state index in [0.29, 0.717) is 5.56 Å². The lowest BCUT2D eigenvalue weighted by atomic mass is 9.98. The molecule has 94 valence electrons. The summed E-state index contributed by atoms with van der Waals surface area (Å²) in [5.41, 5.74) is 4.93. The van der Waals surface area contributed by atoms with Crippen LogP contribution in [0.4, 0.5) is 5.69 Å². The first-order chi connectivity index (χ1) is 9.11. The Hall–Kier alpha value is -2.53. The van der Waals surface area contributed by atoms with Gasteiger partial charge in [-0.2, -0.15) is 5.26 Å². The summed E-state index contributed by atoms with van der Waals surface area (Å²) in [7, 11) is 4.04. The van der Waals surface area contributed by atoms with Gasteiger partial charge in [0.2, 0.25) is 0 Å². The van der Waals surface area contributed by atoms with E-state index in [1.807, 2.05) is 38.4 Å². The van der Waals surface area contributed by atoms with E-state index < -0.39 is 0 Å². The van der Waals surface area contributed by atoms with E-state index in [4.69, 9.17) is 5.26 Å². The van der Waals surface area contributed by atoms with Crippen molar-refractivity contribution in [2.45, 2.75) is 0 Å². The predicted molar refractivity (Wildman–Crippen MR) is 80.1 cm³/mol. The van der Waals surface area contributed by atoms with Crippen molar-refractivity contribution >= 4 is 11.3 Å². The fourth-order valence-electron chi connectivity index (χ4n) is 1.87. The minimum atomic E-state index is 0.666. The molecule has 0 fully saturated rings. The van der Waals surface area contributed by atoms with Crippen molar-refractivity contribution in [1.82, 2.24) is 0 Å². The summed E-state index contributed by atoms with van der Waals surface area (Å²) < 4.78 is 0. The Morgan fingerprint density at radius 3 is 1.84 bits per heavy atom. The molecule has 2 aromatic carbocycles. The number of hydrogen-bond acceptors (Lipinski definition) is 2. The third-order valence-electron chi connectivity index (χ3n) is 3.09. The summed E-state index contributed by atoms with van der Waals surface area (Å²) >= 11 is 0. The smallest absolute Gasteiger partial charge is 0.0991 e. The van der Waals surface area contributed by atoms with Crippen molar-refractivity contribution in [3.8, 4) is 6.07 Å². The molecule has 2 aromatic rings. The van der Waals surface area contributed by atoms with Gasteiger partial charge in [0.05, 0.1) is 11.6 Å². The van der Waals surface area contributed by atoms with E-state index in [0.717, 1.165) is 22.4 Å². The fraction of sp³-hybridized carbons (Fsp3) is 0.118. The van der Waals surface area contributed by atoms with Crippen LogP contribution >= 0.6 is 0 Å². The number of nitriles is 1. The second-order valence-corrected chi connectivity index (χ2v) is 4.61. The van der Waals surface area contributed by atoms with Crippen LogP contribution in [0.15, 0.2) is 55.1 Å². The number of rotatable bonds is 3. The Morgan fingerprint density at radius 2 is 1.42 bits per heavy atom. The van der Waals surface area contributed by atoms with Gasteiger partial charge in [-0.3, -0.25) is 0 Å². The maximum Gasteiger partial charge on any atom is 0.0991 e. The molecule has 0 aliphatic heterocycles. The standard InChI is InChI=1S/C17H16N2/c1-13(15-6-4-14(12-18)5-7-15)16-8-10-17(11-9-16)19(2)3/h4-11H,1H2,2-3H3. The van der Waals surface area contributed by atoms with E-state index in [9.17, 15) is 0 Å². The van der Waals surface area contributed by atoms with Gasteiger partial charge >= 0.3 is 0 Å². The van der Waals surface area contributed by atoms with Crippen LogP contribution in [0.3, 0.4) is 0 Å². The topological polar surface area (TPSA) is 27.0 Å². The zero-order valence-electron chi connectivity index (χ0n) is 11.2. The van der Waals surface area contributed by atoms with Crippen molar-refractivity contribution in [2.24, 2.45) is 0 Å². The summed E-state index contributed by atoms with van der Waals surface area (Å²) in [4.78, 5) is 2.06. The SMILES string of the molecule is C=C(c1ccc(C#N)cc1)c1ccc(N(C)C)cc1. The van der Waals surface area contributed by atoms with E-state index in [1.165, 1.54) is 0 Å². The van der Waals surface area contributed by atoms with Crippen LogP contribution in [0.2, 0.25) is 0 Å². The first kappa shape index (κ1) is 12.9. The Bertz CT molecular complexity index is 614. The highest BCUT2D eigenvalue weighted by atomic mass is 15.1. The lowest BCUT2D eigenvalue weighted by molar-refractivity contribution is 1.13. The number of nitrogens with zero attached hydrogens (tertiary/aromatic N) is 2. The van der Waals surface area contributed by atoms with Gasteiger partial charge in [-0.25, -0.2) is 0 Å². The van der Waals surface area contributed by atoms with Crippen LogP contribution in [-0.4, -0.2) is 14.1 Å². The first-order valence-corrected chi connectivity index (χ1v) is 6.09. The molecule has 0 aromatic heterocycles. The van der Waals surface area contributed by atoms with E-state index >= 15 is 0 Å². The molecule has 0 N–H and O–H groups in total. The molecule has 0 radical (unpaired) electrons. The van der Waals surface area contributed by atoms with Gasteiger partial charge in [0.25, 0.3) is 0 Å². The zero-order valence-corrected chi connectivity index (χ0v) is 11.2. The molecule has 2 nitrogen and oxygen atoms in total. The quantitative estimate of drug-likeness (QED) is 0.828. The fourth-order valence-corrected chi connectivity index (χ4v) is 1.87. The molecule has 0 amide bonds. The van der Waals surface area contributed by atoms with Gasteiger partial charge in [0.1, 0.15) is 0 Å². The molecule has 0 atom stereocenters. The Kier molecular flexibility index (Phi) is 3.68. The highest BCUT2D eigenvalue weighted by Crippen LogP contribution is 2.23. The third-order valence-corrected chi connectivity index (χ3v) is 3.09. The molecule has 0 aliphatic carbocycles. The summed E-state index contributed by atoms with van der Waals surface area (Å²) in [5.74, 6) is 0. The molecule has 0 bridgehead atoms. The molecular formula is C17H16N2. The highest BCUT2D eigenvalue weighted by Gasteiger charge is 2.03. The van der Waals surface area contributed by atoms with Crippen molar-refractivity contribution in [1.29, 1.82) is 5.26 Å². The van der Waals surface area contributed by atoms with Gasteiger partial charge < -0.3 is 4.90 Å². The maximum atomic E-state index is 8.79. The molecule has 19 heavy (non-hydrogen) atoms. The number of benzene rings is 2. The van der Waals surface area contributed by atoms with Crippen molar-refractivity contribution in [3.63, 3.8) is 0 Å². The average molecular weight is 248 g/mol. The van der Waals surface area contributed by atoms with Crippen LogP contribution in [0.25, 0.3) is 5.57 Å². The lowest BCUT2D eigenvalue weighted by Gasteiger charge is -2.13. The summed E-state index contributed by atoms with van der Waals surface area (Å²) in [6, 6.07) is 17.9. The van der Waals surface area contributed by atoms with Crippen LogP contribution in [0.1, 0.15) is 16.7 Å².